The zero-order valence-electron chi connectivity index (χ0n) is 8.69. The zero-order valence-corrected chi connectivity index (χ0v) is 8.69. The normalized spacial score (nSPS) is 26.2. The predicted molar refractivity (Wildman–Crippen MR) is 59.8 cm³/mol. The first-order chi connectivity index (χ1) is 7.27. The molecule has 2 rings (SSSR count). The molecule has 0 aliphatic heterocycles. The topological polar surface area (TPSA) is 71.2 Å². The van der Waals surface area contributed by atoms with Gasteiger partial charge in [0.2, 0.25) is 0 Å². The number of nitrogens with one attached hydrogen (secondary N) is 1. The highest BCUT2D eigenvalue weighted by Gasteiger charge is 2.22. The average Bonchev–Trinajstić information content (AvgIpc) is 2.24. The maximum Gasteiger partial charge on any atom is 0.168 e. The fourth-order valence-corrected chi connectivity index (χ4v) is 2.02. The van der Waals surface area contributed by atoms with Crippen LogP contribution in [0, 0.1) is 0 Å². The lowest BCUT2D eigenvalue weighted by atomic mass is 9.91. The van der Waals surface area contributed by atoms with E-state index in [1.165, 1.54) is 12.8 Å². The number of aromatic hydroxyl groups is 1. The molecular formula is C11H17N3O. The summed E-state index contributed by atoms with van der Waals surface area (Å²) < 4.78 is 0. The Morgan fingerprint density at radius 3 is 2.93 bits per heavy atom. The maximum absolute atomic E-state index is 9.56. The van der Waals surface area contributed by atoms with Crippen molar-refractivity contribution in [3.63, 3.8) is 0 Å². The van der Waals surface area contributed by atoms with Crippen LogP contribution in [-0.4, -0.2) is 22.2 Å². The molecule has 4 nitrogen and oxygen atoms in total. The van der Waals surface area contributed by atoms with E-state index < -0.39 is 0 Å². The molecule has 1 saturated carbocycles. The van der Waals surface area contributed by atoms with Gasteiger partial charge in [-0.05, 0) is 25.0 Å². The Hall–Kier alpha value is -1.29. The first kappa shape index (κ1) is 10.2. The first-order valence-electron chi connectivity index (χ1n) is 5.43. The lowest BCUT2D eigenvalue weighted by Crippen LogP contribution is -2.42. The summed E-state index contributed by atoms with van der Waals surface area (Å²) in [6.07, 6.45) is 6.16. The Morgan fingerprint density at radius 2 is 2.20 bits per heavy atom. The summed E-state index contributed by atoms with van der Waals surface area (Å²) in [5.74, 6) is 0.732. The van der Waals surface area contributed by atoms with Crippen molar-refractivity contribution in [3.05, 3.63) is 18.3 Å². The second-order valence-corrected chi connectivity index (χ2v) is 4.07. The van der Waals surface area contributed by atoms with Crippen LogP contribution < -0.4 is 11.1 Å². The van der Waals surface area contributed by atoms with Crippen molar-refractivity contribution in [1.29, 1.82) is 0 Å². The van der Waals surface area contributed by atoms with Gasteiger partial charge in [0.05, 0.1) is 0 Å². The van der Waals surface area contributed by atoms with E-state index >= 15 is 0 Å². The van der Waals surface area contributed by atoms with Gasteiger partial charge < -0.3 is 16.2 Å². The number of nitrogens with two attached hydrogens (primary N) is 1. The van der Waals surface area contributed by atoms with Gasteiger partial charge in [0.25, 0.3) is 0 Å². The fraction of sp³-hybridized carbons (Fsp3) is 0.545. The number of nitrogens with zero attached hydrogens (tertiary/aromatic N) is 1. The fourth-order valence-electron chi connectivity index (χ4n) is 2.02. The van der Waals surface area contributed by atoms with E-state index in [0.29, 0.717) is 5.82 Å². The highest BCUT2D eigenvalue weighted by molar-refractivity contribution is 5.49. The molecule has 0 bridgehead atoms. The summed E-state index contributed by atoms with van der Waals surface area (Å²) in [5.41, 5.74) is 6.00. The maximum atomic E-state index is 9.56. The molecule has 4 heteroatoms. The van der Waals surface area contributed by atoms with E-state index in [2.05, 4.69) is 10.3 Å². The Kier molecular flexibility index (Phi) is 3.06. The summed E-state index contributed by atoms with van der Waals surface area (Å²) >= 11 is 0. The third-order valence-corrected chi connectivity index (χ3v) is 2.93. The van der Waals surface area contributed by atoms with Gasteiger partial charge in [0.15, 0.2) is 11.6 Å². The highest BCUT2D eigenvalue weighted by atomic mass is 16.3. The predicted octanol–water partition coefficient (Wildman–Crippen LogP) is 1.47. The van der Waals surface area contributed by atoms with E-state index in [0.717, 1.165) is 12.8 Å². The SMILES string of the molecule is N[C@H]1CCCC[C@H]1Nc1ncccc1O. The van der Waals surface area contributed by atoms with Crippen LogP contribution in [0.2, 0.25) is 0 Å². The van der Waals surface area contributed by atoms with E-state index in [1.807, 2.05) is 0 Å². The van der Waals surface area contributed by atoms with E-state index in [4.69, 9.17) is 5.73 Å². The Bertz CT molecular complexity index is 329. The number of rotatable bonds is 2. The summed E-state index contributed by atoms with van der Waals surface area (Å²) in [6.45, 7) is 0. The van der Waals surface area contributed by atoms with Crippen molar-refractivity contribution >= 4 is 5.82 Å². The van der Waals surface area contributed by atoms with Crippen LogP contribution in [0.5, 0.6) is 5.75 Å². The van der Waals surface area contributed by atoms with Crippen LogP contribution in [0.1, 0.15) is 25.7 Å². The molecule has 0 unspecified atom stereocenters. The number of anilines is 1. The van der Waals surface area contributed by atoms with Crippen molar-refractivity contribution in [2.75, 3.05) is 5.32 Å². The smallest absolute Gasteiger partial charge is 0.168 e. The van der Waals surface area contributed by atoms with Crippen molar-refractivity contribution in [1.82, 2.24) is 4.98 Å². The summed E-state index contributed by atoms with van der Waals surface area (Å²) in [5, 5.41) is 12.8. The van der Waals surface area contributed by atoms with Gasteiger partial charge in [-0.15, -0.1) is 0 Å². The minimum atomic E-state index is 0.167. The van der Waals surface area contributed by atoms with Crippen LogP contribution in [0.25, 0.3) is 0 Å². The molecule has 0 spiro atoms. The Morgan fingerprint density at radius 1 is 1.40 bits per heavy atom. The minimum Gasteiger partial charge on any atom is -0.504 e. The largest absolute Gasteiger partial charge is 0.504 e. The summed E-state index contributed by atoms with van der Waals surface area (Å²) in [7, 11) is 0. The molecule has 1 aliphatic rings. The monoisotopic (exact) mass is 207 g/mol. The highest BCUT2D eigenvalue weighted by Crippen LogP contribution is 2.24. The van der Waals surface area contributed by atoms with Gasteiger partial charge >= 0.3 is 0 Å². The standard InChI is InChI=1S/C11H17N3O/c12-8-4-1-2-5-9(8)14-11-10(15)6-3-7-13-11/h3,6-9,15H,1-2,4-5,12H2,(H,13,14)/t8-,9+/m0/s1. The van der Waals surface area contributed by atoms with Gasteiger partial charge in [-0.25, -0.2) is 4.98 Å². The van der Waals surface area contributed by atoms with Crippen LogP contribution in [0.4, 0.5) is 5.82 Å². The van der Waals surface area contributed by atoms with Crippen molar-refractivity contribution < 1.29 is 5.11 Å². The summed E-state index contributed by atoms with van der Waals surface area (Å²) in [4.78, 5) is 4.09. The molecule has 15 heavy (non-hydrogen) atoms. The second-order valence-electron chi connectivity index (χ2n) is 4.07. The number of aromatic nitrogens is 1. The van der Waals surface area contributed by atoms with Gasteiger partial charge in [0, 0.05) is 18.3 Å². The molecule has 0 aromatic carbocycles. The lowest BCUT2D eigenvalue weighted by molar-refractivity contribution is 0.400. The molecule has 1 aromatic rings. The molecule has 82 valence electrons. The number of pyridine rings is 1. The average molecular weight is 207 g/mol. The Balaban J connectivity index is 2.04. The Labute approximate surface area is 89.5 Å². The molecule has 0 radical (unpaired) electrons. The third-order valence-electron chi connectivity index (χ3n) is 2.93. The molecule has 1 aliphatic carbocycles. The molecule has 1 aromatic heterocycles. The van der Waals surface area contributed by atoms with Gasteiger partial charge in [-0.2, -0.15) is 0 Å². The van der Waals surface area contributed by atoms with Crippen LogP contribution in [0.3, 0.4) is 0 Å². The summed E-state index contributed by atoms with van der Waals surface area (Å²) in [6, 6.07) is 3.74. The molecule has 1 fully saturated rings. The quantitative estimate of drug-likeness (QED) is 0.686. The first-order valence-corrected chi connectivity index (χ1v) is 5.43. The molecule has 2 atom stereocenters. The zero-order chi connectivity index (χ0) is 10.7. The van der Waals surface area contributed by atoms with Crippen LogP contribution >= 0.6 is 0 Å². The number of hydrogen-bond acceptors (Lipinski definition) is 4. The van der Waals surface area contributed by atoms with Crippen molar-refractivity contribution in [2.24, 2.45) is 5.73 Å². The van der Waals surface area contributed by atoms with Gasteiger partial charge in [0.1, 0.15) is 0 Å². The second kappa shape index (κ2) is 4.49. The molecular weight excluding hydrogens is 190 g/mol. The van der Waals surface area contributed by atoms with Crippen molar-refractivity contribution in [2.45, 2.75) is 37.8 Å². The molecule has 0 amide bonds. The van der Waals surface area contributed by atoms with Crippen LogP contribution in [-0.2, 0) is 0 Å². The van der Waals surface area contributed by atoms with Gasteiger partial charge in [-0.3, -0.25) is 0 Å². The third kappa shape index (κ3) is 2.39. The van der Waals surface area contributed by atoms with Crippen LogP contribution in [0.15, 0.2) is 18.3 Å². The lowest BCUT2D eigenvalue weighted by Gasteiger charge is -2.29. The molecule has 1 heterocycles. The van der Waals surface area contributed by atoms with E-state index in [-0.39, 0.29) is 17.8 Å². The number of hydrogen-bond donors (Lipinski definition) is 3. The van der Waals surface area contributed by atoms with E-state index in [9.17, 15) is 5.11 Å². The van der Waals surface area contributed by atoms with Crippen molar-refractivity contribution in [3.8, 4) is 5.75 Å². The molecule has 0 saturated heterocycles. The molecule has 4 N–H and O–H groups in total. The minimum absolute atomic E-state index is 0.167. The van der Waals surface area contributed by atoms with Gasteiger partial charge in [-0.1, -0.05) is 12.8 Å². The van der Waals surface area contributed by atoms with E-state index in [1.54, 1.807) is 18.3 Å².